The molecule has 2 aromatic rings. The first-order valence-corrected chi connectivity index (χ1v) is 7.66. The van der Waals surface area contributed by atoms with Gasteiger partial charge in [0.25, 0.3) is 0 Å². The smallest absolute Gasteiger partial charge is 0.163 e. The number of allylic oxidation sites excluding steroid dienone is 2. The van der Waals surface area contributed by atoms with Crippen LogP contribution in [0.3, 0.4) is 0 Å². The quantitative estimate of drug-likeness (QED) is 0.835. The minimum Gasteiger partial charge on any atom is -0.512 e. The molecule has 4 heteroatoms. The normalized spacial score (nSPS) is 19.9. The van der Waals surface area contributed by atoms with Crippen molar-refractivity contribution >= 4 is 5.78 Å². The number of ether oxygens (including phenoxy) is 1. The highest BCUT2D eigenvalue weighted by Gasteiger charge is 2.36. The van der Waals surface area contributed by atoms with Crippen molar-refractivity contribution in [2.75, 3.05) is 0 Å². The van der Waals surface area contributed by atoms with Gasteiger partial charge in [-0.3, -0.25) is 4.79 Å². The highest BCUT2D eigenvalue weighted by molar-refractivity contribution is 5.99. The minimum atomic E-state index is -0.488. The molecule has 0 aromatic heterocycles. The molecule has 1 heterocycles. The molecule has 1 aliphatic heterocycles. The molecule has 2 aromatic carbocycles. The largest absolute Gasteiger partial charge is 0.512 e. The summed E-state index contributed by atoms with van der Waals surface area (Å²) in [5.41, 5.74) is 1.74. The molecule has 0 amide bonds. The molecule has 23 heavy (non-hydrogen) atoms. The van der Waals surface area contributed by atoms with Crippen molar-refractivity contribution in [3.05, 3.63) is 70.7 Å². The second-order valence-electron chi connectivity index (χ2n) is 5.89. The van der Waals surface area contributed by atoms with E-state index in [4.69, 9.17) is 4.74 Å². The van der Waals surface area contributed by atoms with Gasteiger partial charge in [-0.05, 0) is 30.7 Å². The molecule has 2 aliphatic rings. The van der Waals surface area contributed by atoms with E-state index in [1.54, 1.807) is 6.07 Å². The predicted octanol–water partition coefficient (Wildman–Crippen LogP) is 4.63. The third kappa shape index (κ3) is 2.22. The van der Waals surface area contributed by atoms with Crippen LogP contribution in [0.1, 0.15) is 36.3 Å². The van der Waals surface area contributed by atoms with Gasteiger partial charge >= 0.3 is 0 Å². The molecular formula is C19H15FO3. The van der Waals surface area contributed by atoms with E-state index in [1.165, 1.54) is 12.1 Å². The molecule has 0 bridgehead atoms. The van der Waals surface area contributed by atoms with E-state index in [-0.39, 0.29) is 17.4 Å². The zero-order chi connectivity index (χ0) is 16.0. The minimum absolute atomic E-state index is 0.0781. The standard InChI is InChI=1S/C19H15FO3/c20-11-8-9-17-13(10-11)18(12-4-1-2-7-16(12)23-17)19-14(21)5-3-6-15(19)22/h1-2,4,7-10,18,21H,3,5-6H2/t18-/m1/s1. The number of aliphatic hydroxyl groups is 1. The first-order chi connectivity index (χ1) is 11.1. The molecule has 0 spiro atoms. The molecule has 1 aliphatic carbocycles. The Morgan fingerprint density at radius 1 is 1.04 bits per heavy atom. The third-order valence-electron chi connectivity index (χ3n) is 4.45. The van der Waals surface area contributed by atoms with Crippen molar-refractivity contribution in [2.45, 2.75) is 25.2 Å². The Kier molecular flexibility index (Phi) is 3.18. The molecule has 0 saturated heterocycles. The lowest BCUT2D eigenvalue weighted by atomic mass is 9.77. The Hall–Kier alpha value is -2.62. The van der Waals surface area contributed by atoms with Crippen LogP contribution in [0.25, 0.3) is 0 Å². The molecule has 3 nitrogen and oxygen atoms in total. The molecular weight excluding hydrogens is 295 g/mol. The summed E-state index contributed by atoms with van der Waals surface area (Å²) in [6.45, 7) is 0. The van der Waals surface area contributed by atoms with Crippen LogP contribution < -0.4 is 4.74 Å². The first-order valence-electron chi connectivity index (χ1n) is 7.66. The van der Waals surface area contributed by atoms with Crippen LogP contribution in [0.2, 0.25) is 0 Å². The predicted molar refractivity (Wildman–Crippen MR) is 83.3 cm³/mol. The summed E-state index contributed by atoms with van der Waals surface area (Å²) in [6.07, 6.45) is 1.53. The zero-order valence-electron chi connectivity index (χ0n) is 12.4. The number of carbonyl (C=O) groups is 1. The second-order valence-corrected chi connectivity index (χ2v) is 5.89. The number of para-hydroxylation sites is 1. The fourth-order valence-corrected chi connectivity index (χ4v) is 3.42. The van der Waals surface area contributed by atoms with Crippen LogP contribution >= 0.6 is 0 Å². The topological polar surface area (TPSA) is 46.5 Å². The summed E-state index contributed by atoms with van der Waals surface area (Å²) >= 11 is 0. The number of rotatable bonds is 1. The van der Waals surface area contributed by atoms with Crippen LogP contribution in [0.4, 0.5) is 4.39 Å². The second kappa shape index (κ2) is 5.23. The summed E-state index contributed by atoms with van der Waals surface area (Å²) in [7, 11) is 0. The fraction of sp³-hybridized carbons (Fsp3) is 0.211. The van der Waals surface area contributed by atoms with Crippen LogP contribution in [0, 0.1) is 5.82 Å². The number of hydrogen-bond donors (Lipinski definition) is 1. The van der Waals surface area contributed by atoms with Crippen LogP contribution in [-0.2, 0) is 4.79 Å². The van der Waals surface area contributed by atoms with E-state index in [2.05, 4.69) is 0 Å². The van der Waals surface area contributed by atoms with Gasteiger partial charge in [-0.25, -0.2) is 4.39 Å². The highest BCUT2D eigenvalue weighted by atomic mass is 19.1. The Morgan fingerprint density at radius 3 is 2.65 bits per heavy atom. The third-order valence-corrected chi connectivity index (χ3v) is 4.45. The average Bonchev–Trinajstić information content (AvgIpc) is 2.54. The van der Waals surface area contributed by atoms with Crippen molar-refractivity contribution in [3.8, 4) is 11.5 Å². The first kappa shape index (κ1) is 14.0. The van der Waals surface area contributed by atoms with Crippen LogP contribution in [0.5, 0.6) is 11.5 Å². The van der Waals surface area contributed by atoms with Gasteiger partial charge in [-0.2, -0.15) is 0 Å². The molecule has 0 radical (unpaired) electrons. The van der Waals surface area contributed by atoms with Gasteiger partial charge < -0.3 is 9.84 Å². The van der Waals surface area contributed by atoms with Crippen molar-refractivity contribution in [1.29, 1.82) is 0 Å². The van der Waals surface area contributed by atoms with E-state index < -0.39 is 5.92 Å². The van der Waals surface area contributed by atoms with E-state index in [0.717, 1.165) is 5.56 Å². The van der Waals surface area contributed by atoms with Gasteiger partial charge in [0.2, 0.25) is 0 Å². The summed E-state index contributed by atoms with van der Waals surface area (Å²) in [4.78, 5) is 12.5. The molecule has 0 fully saturated rings. The molecule has 0 unspecified atom stereocenters. The van der Waals surface area contributed by atoms with Gasteiger partial charge in [0, 0.05) is 35.5 Å². The number of ketones is 1. The van der Waals surface area contributed by atoms with Gasteiger partial charge in [0.15, 0.2) is 5.78 Å². The summed E-state index contributed by atoms with van der Waals surface area (Å²) < 4.78 is 19.6. The Balaban J connectivity index is 1.98. The Labute approximate surface area is 133 Å². The molecule has 1 atom stereocenters. The van der Waals surface area contributed by atoms with Crippen LogP contribution in [-0.4, -0.2) is 10.9 Å². The Bertz CT molecular complexity index is 838. The molecule has 4 rings (SSSR count). The maximum absolute atomic E-state index is 13.8. The number of fused-ring (bicyclic) bond motifs is 2. The van der Waals surface area contributed by atoms with E-state index in [0.29, 0.717) is 41.9 Å². The summed E-state index contributed by atoms with van der Waals surface area (Å²) in [6, 6.07) is 11.7. The van der Waals surface area contributed by atoms with Crippen molar-refractivity contribution in [3.63, 3.8) is 0 Å². The summed E-state index contributed by atoms with van der Waals surface area (Å²) in [5, 5.41) is 10.3. The monoisotopic (exact) mass is 310 g/mol. The number of hydrogen-bond acceptors (Lipinski definition) is 3. The number of halogens is 1. The molecule has 0 saturated carbocycles. The number of carbonyl (C=O) groups excluding carboxylic acids is 1. The van der Waals surface area contributed by atoms with Gasteiger partial charge in [-0.1, -0.05) is 18.2 Å². The molecule has 1 N–H and O–H groups in total. The van der Waals surface area contributed by atoms with Crippen molar-refractivity contribution < 1.29 is 19.0 Å². The lowest BCUT2D eigenvalue weighted by Gasteiger charge is -2.31. The fourth-order valence-electron chi connectivity index (χ4n) is 3.42. The van der Waals surface area contributed by atoms with Crippen LogP contribution in [0.15, 0.2) is 53.8 Å². The average molecular weight is 310 g/mol. The number of Topliss-reactive ketones (excluding diaryl/α,β-unsaturated/α-hetero) is 1. The summed E-state index contributed by atoms with van der Waals surface area (Å²) in [5.74, 6) is 0.311. The van der Waals surface area contributed by atoms with E-state index in [1.807, 2.05) is 24.3 Å². The zero-order valence-corrected chi connectivity index (χ0v) is 12.4. The Morgan fingerprint density at radius 2 is 1.83 bits per heavy atom. The van der Waals surface area contributed by atoms with E-state index in [9.17, 15) is 14.3 Å². The van der Waals surface area contributed by atoms with Gasteiger partial charge in [0.05, 0.1) is 5.76 Å². The van der Waals surface area contributed by atoms with Gasteiger partial charge in [0.1, 0.15) is 17.3 Å². The lowest BCUT2D eigenvalue weighted by Crippen LogP contribution is -2.22. The van der Waals surface area contributed by atoms with Crippen molar-refractivity contribution in [1.82, 2.24) is 0 Å². The number of aliphatic hydroxyl groups excluding tert-OH is 1. The molecule has 116 valence electrons. The number of benzene rings is 2. The lowest BCUT2D eigenvalue weighted by molar-refractivity contribution is -0.116. The maximum Gasteiger partial charge on any atom is 0.163 e. The SMILES string of the molecule is O=C1CCCC(O)=C1[C@@H]1c2ccccc2Oc2ccc(F)cc21. The highest BCUT2D eigenvalue weighted by Crippen LogP contribution is 2.49. The maximum atomic E-state index is 13.8. The van der Waals surface area contributed by atoms with Crippen molar-refractivity contribution in [2.24, 2.45) is 0 Å². The van der Waals surface area contributed by atoms with E-state index >= 15 is 0 Å². The van der Waals surface area contributed by atoms with Gasteiger partial charge in [-0.15, -0.1) is 0 Å².